The van der Waals surface area contributed by atoms with Gasteiger partial charge in [0.05, 0.1) is 6.54 Å². The lowest BCUT2D eigenvalue weighted by atomic mass is 10.4. The molecule has 0 atom stereocenters. The third kappa shape index (κ3) is 6.14. The highest BCUT2D eigenvalue weighted by Gasteiger charge is 2.07. The van der Waals surface area contributed by atoms with E-state index in [0.717, 1.165) is 12.3 Å². The first-order chi connectivity index (χ1) is 8.22. The van der Waals surface area contributed by atoms with Crippen molar-refractivity contribution in [3.63, 3.8) is 0 Å². The molecule has 1 aromatic carbocycles. The fourth-order valence-corrected chi connectivity index (χ4v) is 2.35. The lowest BCUT2D eigenvalue weighted by molar-refractivity contribution is -0.138. The van der Waals surface area contributed by atoms with Crippen molar-refractivity contribution < 1.29 is 9.90 Å². The van der Waals surface area contributed by atoms with Crippen molar-refractivity contribution in [2.45, 2.75) is 4.90 Å². The van der Waals surface area contributed by atoms with Gasteiger partial charge in [-0.3, -0.25) is 9.69 Å². The first-order valence-corrected chi connectivity index (χ1v) is 6.44. The maximum absolute atomic E-state index is 10.6. The van der Waals surface area contributed by atoms with Gasteiger partial charge in [-0.1, -0.05) is 24.3 Å². The van der Waals surface area contributed by atoms with E-state index in [4.69, 9.17) is 5.11 Å². The zero-order valence-electron chi connectivity index (χ0n) is 9.71. The predicted molar refractivity (Wildman–Crippen MR) is 71.4 cm³/mol. The average Bonchev–Trinajstić information content (AvgIpc) is 2.30. The number of carboxylic acid groups (broad SMARTS) is 1. The van der Waals surface area contributed by atoms with Crippen molar-refractivity contribution in [1.29, 1.82) is 0 Å². The molecule has 1 rings (SSSR count). The smallest absolute Gasteiger partial charge is 0.317 e. The zero-order valence-corrected chi connectivity index (χ0v) is 10.5. The molecule has 0 bridgehead atoms. The number of hydrogen-bond donors (Lipinski definition) is 1. The van der Waals surface area contributed by atoms with E-state index in [1.165, 1.54) is 4.90 Å². The monoisotopic (exact) mass is 251 g/mol. The summed E-state index contributed by atoms with van der Waals surface area (Å²) in [6.07, 6.45) is 1.73. The molecule has 0 radical (unpaired) electrons. The molecule has 92 valence electrons. The Balaban J connectivity index is 2.31. The number of benzene rings is 1. The summed E-state index contributed by atoms with van der Waals surface area (Å²) in [7, 11) is 0. The van der Waals surface area contributed by atoms with Crippen LogP contribution in [0.4, 0.5) is 0 Å². The van der Waals surface area contributed by atoms with Gasteiger partial charge in [0.2, 0.25) is 0 Å². The molecule has 0 amide bonds. The van der Waals surface area contributed by atoms with Crippen LogP contribution < -0.4 is 0 Å². The highest BCUT2D eigenvalue weighted by molar-refractivity contribution is 7.99. The van der Waals surface area contributed by atoms with E-state index in [1.807, 2.05) is 23.1 Å². The Bertz CT molecular complexity index is 354. The SMILES string of the molecule is C=CCN(CCSc1ccccc1)CC(=O)O. The van der Waals surface area contributed by atoms with Gasteiger partial charge in [0, 0.05) is 23.7 Å². The minimum absolute atomic E-state index is 0.0708. The van der Waals surface area contributed by atoms with Crippen LogP contribution >= 0.6 is 11.8 Å². The van der Waals surface area contributed by atoms with Crippen LogP contribution in [0.15, 0.2) is 47.9 Å². The van der Waals surface area contributed by atoms with Crippen LogP contribution in [0.5, 0.6) is 0 Å². The molecule has 1 N–H and O–H groups in total. The maximum atomic E-state index is 10.6. The fourth-order valence-electron chi connectivity index (χ4n) is 1.42. The third-order valence-corrected chi connectivity index (χ3v) is 3.16. The molecule has 0 saturated carbocycles. The average molecular weight is 251 g/mol. The first kappa shape index (κ1) is 13.8. The summed E-state index contributed by atoms with van der Waals surface area (Å²) < 4.78 is 0. The van der Waals surface area contributed by atoms with Crippen molar-refractivity contribution in [1.82, 2.24) is 4.90 Å². The fraction of sp³-hybridized carbons (Fsp3) is 0.308. The van der Waals surface area contributed by atoms with Crippen LogP contribution in [-0.4, -0.2) is 41.4 Å². The molecule has 1 aromatic rings. The lowest BCUT2D eigenvalue weighted by Gasteiger charge is -2.17. The molecule has 4 heteroatoms. The van der Waals surface area contributed by atoms with Gasteiger partial charge in [-0.05, 0) is 12.1 Å². The standard InChI is InChI=1S/C13H17NO2S/c1-2-8-14(11-13(15)16)9-10-17-12-6-4-3-5-7-12/h2-7H,1,8-11H2,(H,15,16). The Morgan fingerprint density at radius 3 is 2.71 bits per heavy atom. The topological polar surface area (TPSA) is 40.5 Å². The molecule has 0 heterocycles. The molecule has 17 heavy (non-hydrogen) atoms. The number of aliphatic carboxylic acids is 1. The van der Waals surface area contributed by atoms with Crippen LogP contribution in [0.2, 0.25) is 0 Å². The Hall–Kier alpha value is -1.26. The van der Waals surface area contributed by atoms with Crippen LogP contribution in [0.25, 0.3) is 0 Å². The quantitative estimate of drug-likeness (QED) is 0.569. The summed E-state index contributed by atoms with van der Waals surface area (Å²) in [6.45, 7) is 5.06. The summed E-state index contributed by atoms with van der Waals surface area (Å²) in [5, 5.41) is 8.74. The van der Waals surface area contributed by atoms with Gasteiger partial charge >= 0.3 is 5.97 Å². The van der Waals surface area contributed by atoms with Gasteiger partial charge in [-0.15, -0.1) is 18.3 Å². The molecule has 0 fully saturated rings. The summed E-state index contributed by atoms with van der Waals surface area (Å²) in [4.78, 5) is 13.7. The molecule has 0 spiro atoms. The number of hydrogen-bond acceptors (Lipinski definition) is 3. The van der Waals surface area contributed by atoms with E-state index in [-0.39, 0.29) is 6.54 Å². The molecular weight excluding hydrogens is 234 g/mol. The molecule has 0 aliphatic rings. The van der Waals surface area contributed by atoms with E-state index >= 15 is 0 Å². The predicted octanol–water partition coefficient (Wildman–Crippen LogP) is 2.35. The molecule has 0 saturated heterocycles. The van der Waals surface area contributed by atoms with E-state index in [9.17, 15) is 4.79 Å². The normalized spacial score (nSPS) is 10.4. The van der Waals surface area contributed by atoms with E-state index in [1.54, 1.807) is 17.8 Å². The Morgan fingerprint density at radius 2 is 2.12 bits per heavy atom. The van der Waals surface area contributed by atoms with Gasteiger partial charge in [-0.2, -0.15) is 0 Å². The van der Waals surface area contributed by atoms with Gasteiger partial charge in [0.15, 0.2) is 0 Å². The molecule has 0 aliphatic heterocycles. The van der Waals surface area contributed by atoms with Crippen molar-refractivity contribution >= 4 is 17.7 Å². The second-order valence-electron chi connectivity index (χ2n) is 3.58. The summed E-state index contributed by atoms with van der Waals surface area (Å²) >= 11 is 1.73. The third-order valence-electron chi connectivity index (χ3n) is 2.17. The Kier molecular flexibility index (Phi) is 6.43. The number of carbonyl (C=O) groups is 1. The number of nitrogens with zero attached hydrogens (tertiary/aromatic N) is 1. The molecule has 0 aliphatic carbocycles. The van der Waals surface area contributed by atoms with Gasteiger partial charge in [0.1, 0.15) is 0 Å². The second kappa shape index (κ2) is 7.92. The van der Waals surface area contributed by atoms with Crippen LogP contribution in [0, 0.1) is 0 Å². The van der Waals surface area contributed by atoms with E-state index < -0.39 is 5.97 Å². The minimum atomic E-state index is -0.795. The largest absolute Gasteiger partial charge is 0.480 e. The van der Waals surface area contributed by atoms with Crippen molar-refractivity contribution in [2.24, 2.45) is 0 Å². The number of rotatable bonds is 8. The van der Waals surface area contributed by atoms with E-state index in [2.05, 4.69) is 18.7 Å². The summed E-state index contributed by atoms with van der Waals surface area (Å²) in [5.74, 6) is 0.0852. The highest BCUT2D eigenvalue weighted by atomic mass is 32.2. The lowest BCUT2D eigenvalue weighted by Crippen LogP contribution is -2.31. The maximum Gasteiger partial charge on any atom is 0.317 e. The first-order valence-electron chi connectivity index (χ1n) is 5.45. The highest BCUT2D eigenvalue weighted by Crippen LogP contribution is 2.16. The minimum Gasteiger partial charge on any atom is -0.480 e. The van der Waals surface area contributed by atoms with Crippen molar-refractivity contribution in [2.75, 3.05) is 25.4 Å². The van der Waals surface area contributed by atoms with E-state index in [0.29, 0.717) is 6.54 Å². The number of carboxylic acids is 1. The van der Waals surface area contributed by atoms with Gasteiger partial charge in [-0.25, -0.2) is 0 Å². The van der Waals surface area contributed by atoms with Crippen LogP contribution in [0.1, 0.15) is 0 Å². The van der Waals surface area contributed by atoms with Crippen molar-refractivity contribution in [3.05, 3.63) is 43.0 Å². The Labute approximate surface area is 106 Å². The summed E-state index contributed by atoms with van der Waals surface area (Å²) in [6, 6.07) is 10.1. The van der Waals surface area contributed by atoms with Gasteiger partial charge < -0.3 is 5.11 Å². The number of thioether (sulfide) groups is 1. The Morgan fingerprint density at radius 1 is 1.41 bits per heavy atom. The van der Waals surface area contributed by atoms with Gasteiger partial charge in [0.25, 0.3) is 0 Å². The second-order valence-corrected chi connectivity index (χ2v) is 4.75. The van der Waals surface area contributed by atoms with Crippen LogP contribution in [0.3, 0.4) is 0 Å². The van der Waals surface area contributed by atoms with Crippen LogP contribution in [-0.2, 0) is 4.79 Å². The zero-order chi connectivity index (χ0) is 12.5. The molecule has 0 unspecified atom stereocenters. The summed E-state index contributed by atoms with van der Waals surface area (Å²) in [5.41, 5.74) is 0. The molecule has 0 aromatic heterocycles. The van der Waals surface area contributed by atoms with Crippen molar-refractivity contribution in [3.8, 4) is 0 Å². The molecule has 3 nitrogen and oxygen atoms in total. The molecular formula is C13H17NO2S.